The minimum atomic E-state index is -1.12. The number of halogens is 1. The first-order valence-corrected chi connectivity index (χ1v) is 4.70. The van der Waals surface area contributed by atoms with Crippen LogP contribution in [0.1, 0.15) is 10.4 Å². The predicted molar refractivity (Wildman–Crippen MR) is 54.2 cm³/mol. The molecule has 2 rings (SSSR count). The fourth-order valence-electron chi connectivity index (χ4n) is 1.19. The van der Waals surface area contributed by atoms with Gasteiger partial charge in [0.2, 0.25) is 0 Å². The SMILES string of the molecule is O=C(c1ccn2ncc(Br)c2c1)[N+](=O)[O-]. The first-order valence-electron chi connectivity index (χ1n) is 3.91. The molecule has 0 saturated heterocycles. The van der Waals surface area contributed by atoms with Gasteiger partial charge in [-0.05, 0) is 28.1 Å². The van der Waals surface area contributed by atoms with E-state index in [1.165, 1.54) is 22.8 Å². The van der Waals surface area contributed by atoms with Crippen molar-refractivity contribution in [3.05, 3.63) is 44.7 Å². The predicted octanol–water partition coefficient (Wildman–Crippen LogP) is 1.51. The lowest BCUT2D eigenvalue weighted by molar-refractivity contribution is -0.375. The Balaban J connectivity index is 2.59. The molecule has 0 spiro atoms. The molecule has 0 aliphatic carbocycles. The van der Waals surface area contributed by atoms with Crippen molar-refractivity contribution in [2.75, 3.05) is 0 Å². The van der Waals surface area contributed by atoms with Crippen molar-refractivity contribution in [2.24, 2.45) is 0 Å². The van der Waals surface area contributed by atoms with Gasteiger partial charge in [0, 0.05) is 6.20 Å². The van der Waals surface area contributed by atoms with Crippen LogP contribution in [0.4, 0.5) is 0 Å². The van der Waals surface area contributed by atoms with Crippen molar-refractivity contribution in [3.8, 4) is 0 Å². The van der Waals surface area contributed by atoms with Crippen LogP contribution in [-0.2, 0) is 0 Å². The van der Waals surface area contributed by atoms with E-state index < -0.39 is 10.8 Å². The van der Waals surface area contributed by atoms with Crippen molar-refractivity contribution in [2.45, 2.75) is 0 Å². The Morgan fingerprint density at radius 3 is 3.00 bits per heavy atom. The number of amides is 1. The Hall–Kier alpha value is -1.76. The Kier molecular flexibility index (Phi) is 2.24. The van der Waals surface area contributed by atoms with E-state index >= 15 is 0 Å². The lowest BCUT2D eigenvalue weighted by Crippen LogP contribution is -2.11. The van der Waals surface area contributed by atoms with Crippen LogP contribution in [0.15, 0.2) is 29.0 Å². The zero-order valence-corrected chi connectivity index (χ0v) is 8.84. The van der Waals surface area contributed by atoms with Crippen LogP contribution < -0.4 is 0 Å². The van der Waals surface area contributed by atoms with E-state index in [2.05, 4.69) is 21.0 Å². The molecule has 0 aliphatic heterocycles. The van der Waals surface area contributed by atoms with E-state index in [-0.39, 0.29) is 5.56 Å². The molecule has 2 heterocycles. The van der Waals surface area contributed by atoms with E-state index in [9.17, 15) is 14.9 Å². The summed E-state index contributed by atoms with van der Waals surface area (Å²) in [4.78, 5) is 20.4. The molecule has 0 atom stereocenters. The Labute approximate surface area is 91.8 Å². The van der Waals surface area contributed by atoms with Gasteiger partial charge in [0.05, 0.1) is 16.2 Å². The number of fused-ring (bicyclic) bond motifs is 1. The number of nitro groups is 1. The Bertz CT molecular complexity index is 563. The maximum absolute atomic E-state index is 11.1. The van der Waals surface area contributed by atoms with Crippen LogP contribution in [0.3, 0.4) is 0 Å². The van der Waals surface area contributed by atoms with Crippen LogP contribution in [0.25, 0.3) is 5.52 Å². The van der Waals surface area contributed by atoms with Gasteiger partial charge in [0.15, 0.2) is 0 Å². The lowest BCUT2D eigenvalue weighted by atomic mass is 10.2. The summed E-state index contributed by atoms with van der Waals surface area (Å²) in [6, 6.07) is 2.78. The summed E-state index contributed by atoms with van der Waals surface area (Å²) < 4.78 is 2.20. The highest BCUT2D eigenvalue weighted by atomic mass is 79.9. The summed E-state index contributed by atoms with van der Waals surface area (Å²) >= 11 is 3.22. The van der Waals surface area contributed by atoms with E-state index in [0.29, 0.717) is 9.99 Å². The van der Waals surface area contributed by atoms with Gasteiger partial charge in [0.1, 0.15) is 10.5 Å². The monoisotopic (exact) mass is 269 g/mol. The van der Waals surface area contributed by atoms with Gasteiger partial charge < -0.3 is 0 Å². The molecule has 0 N–H and O–H groups in total. The summed E-state index contributed by atoms with van der Waals surface area (Å²) in [5, 5.41) is 14.2. The summed E-state index contributed by atoms with van der Waals surface area (Å²) in [7, 11) is 0. The van der Waals surface area contributed by atoms with Gasteiger partial charge in [-0.25, -0.2) is 9.31 Å². The number of pyridine rings is 1. The van der Waals surface area contributed by atoms with E-state index in [0.717, 1.165) is 0 Å². The highest BCUT2D eigenvalue weighted by Crippen LogP contribution is 2.18. The zero-order chi connectivity index (χ0) is 11.0. The Morgan fingerprint density at radius 2 is 2.33 bits per heavy atom. The number of hydrogen-bond acceptors (Lipinski definition) is 4. The van der Waals surface area contributed by atoms with Gasteiger partial charge in [-0.1, -0.05) is 0 Å². The largest absolute Gasteiger partial charge is 0.476 e. The molecule has 15 heavy (non-hydrogen) atoms. The van der Waals surface area contributed by atoms with Gasteiger partial charge in [-0.15, -0.1) is 0 Å². The van der Waals surface area contributed by atoms with E-state index in [4.69, 9.17) is 0 Å². The van der Waals surface area contributed by atoms with Crippen LogP contribution in [0.2, 0.25) is 0 Å². The molecule has 76 valence electrons. The highest BCUT2D eigenvalue weighted by molar-refractivity contribution is 9.10. The molecular weight excluding hydrogens is 266 g/mol. The molecule has 0 unspecified atom stereocenters. The summed E-state index contributed by atoms with van der Waals surface area (Å²) in [6.07, 6.45) is 3.05. The van der Waals surface area contributed by atoms with Crippen LogP contribution >= 0.6 is 15.9 Å². The molecule has 0 bridgehead atoms. The van der Waals surface area contributed by atoms with Gasteiger partial charge in [0.25, 0.3) is 0 Å². The number of carbonyl (C=O) groups excluding carboxylic acids is 1. The average Bonchev–Trinajstić information content (AvgIpc) is 2.59. The third kappa shape index (κ3) is 1.61. The first kappa shape index (κ1) is 9.78. The molecule has 0 fully saturated rings. The second kappa shape index (κ2) is 3.43. The molecular formula is C8H4BrN3O3. The van der Waals surface area contributed by atoms with Crippen LogP contribution in [-0.4, -0.2) is 20.4 Å². The molecule has 7 heteroatoms. The Morgan fingerprint density at radius 1 is 1.60 bits per heavy atom. The van der Waals surface area contributed by atoms with Gasteiger partial charge in [-0.3, -0.25) is 10.1 Å². The summed E-state index contributed by atoms with van der Waals surface area (Å²) in [6.45, 7) is 0. The summed E-state index contributed by atoms with van der Waals surface area (Å²) in [5.41, 5.74) is 0.649. The fourth-order valence-corrected chi connectivity index (χ4v) is 1.58. The minimum absolute atomic E-state index is 0.0358. The normalized spacial score (nSPS) is 10.5. The number of rotatable bonds is 1. The standard InChI is InChI=1S/C8H4BrN3O3/c9-6-4-10-11-2-1-5(3-7(6)11)8(13)12(14)15/h1-4H. The molecule has 0 aromatic carbocycles. The van der Waals surface area contributed by atoms with E-state index in [1.54, 1.807) is 6.20 Å². The quantitative estimate of drug-likeness (QED) is 0.581. The topological polar surface area (TPSA) is 77.5 Å². The number of aromatic nitrogens is 2. The summed E-state index contributed by atoms with van der Waals surface area (Å²) in [5.74, 6) is -1.12. The van der Waals surface area contributed by atoms with Gasteiger partial charge in [-0.2, -0.15) is 5.10 Å². The molecule has 0 saturated carbocycles. The molecule has 0 aliphatic rings. The van der Waals surface area contributed by atoms with Crippen molar-refractivity contribution in [1.82, 2.24) is 9.61 Å². The number of carbonyl (C=O) groups is 1. The zero-order valence-electron chi connectivity index (χ0n) is 7.25. The molecule has 1 amide bonds. The molecule has 2 aromatic heterocycles. The van der Waals surface area contributed by atoms with E-state index in [1.807, 2.05) is 0 Å². The molecule has 0 radical (unpaired) electrons. The highest BCUT2D eigenvalue weighted by Gasteiger charge is 2.19. The van der Waals surface area contributed by atoms with Crippen molar-refractivity contribution < 1.29 is 9.72 Å². The smallest absolute Gasteiger partial charge is 0.255 e. The maximum atomic E-state index is 11.1. The number of hydrogen-bond donors (Lipinski definition) is 0. The van der Waals surface area contributed by atoms with Gasteiger partial charge >= 0.3 is 5.91 Å². The van der Waals surface area contributed by atoms with Crippen molar-refractivity contribution in [1.29, 1.82) is 0 Å². The fraction of sp³-hybridized carbons (Fsp3) is 0. The maximum Gasteiger partial charge on any atom is 0.476 e. The lowest BCUT2D eigenvalue weighted by Gasteiger charge is -1.95. The molecule has 6 nitrogen and oxygen atoms in total. The first-order chi connectivity index (χ1) is 7.09. The third-order valence-electron chi connectivity index (χ3n) is 1.89. The van der Waals surface area contributed by atoms with Crippen LogP contribution in [0.5, 0.6) is 0 Å². The minimum Gasteiger partial charge on any atom is -0.255 e. The number of nitrogens with zero attached hydrogens (tertiary/aromatic N) is 3. The second-order valence-corrected chi connectivity index (χ2v) is 3.65. The van der Waals surface area contributed by atoms with Crippen molar-refractivity contribution >= 4 is 27.4 Å². The molecule has 2 aromatic rings. The van der Waals surface area contributed by atoms with Crippen LogP contribution in [0, 0.1) is 10.1 Å². The third-order valence-corrected chi connectivity index (χ3v) is 2.50. The average molecular weight is 270 g/mol. The van der Waals surface area contributed by atoms with Crippen molar-refractivity contribution in [3.63, 3.8) is 0 Å². The second-order valence-electron chi connectivity index (χ2n) is 2.80.